The summed E-state index contributed by atoms with van der Waals surface area (Å²) in [5.41, 5.74) is 0.849. The van der Waals surface area contributed by atoms with Crippen LogP contribution in [0.25, 0.3) is 0 Å². The number of aromatic nitrogens is 2. The maximum atomic E-state index is 11.7. The van der Waals surface area contributed by atoms with E-state index >= 15 is 0 Å². The average Bonchev–Trinajstić information content (AvgIpc) is 2.46. The number of aryl methyl sites for hydroxylation is 1. The molecule has 3 heterocycles. The molecule has 0 atom stereocenters. The van der Waals surface area contributed by atoms with Crippen LogP contribution in [0.1, 0.15) is 25.0 Å². The van der Waals surface area contributed by atoms with E-state index in [1.807, 2.05) is 11.8 Å². The molecule has 0 saturated carbocycles. The molecule has 0 aliphatic carbocycles. The van der Waals surface area contributed by atoms with E-state index in [1.165, 1.54) is 0 Å². The van der Waals surface area contributed by atoms with Gasteiger partial charge in [-0.25, -0.2) is 4.68 Å². The summed E-state index contributed by atoms with van der Waals surface area (Å²) in [6, 6.07) is 3.34. The first-order valence-corrected chi connectivity index (χ1v) is 8.17. The van der Waals surface area contributed by atoms with Crippen molar-refractivity contribution in [2.24, 2.45) is 5.92 Å². The van der Waals surface area contributed by atoms with Crippen molar-refractivity contribution in [1.29, 1.82) is 0 Å². The van der Waals surface area contributed by atoms with Gasteiger partial charge in [0.1, 0.15) is 0 Å². The van der Waals surface area contributed by atoms with Crippen molar-refractivity contribution >= 4 is 5.91 Å². The van der Waals surface area contributed by atoms with Gasteiger partial charge in [0.2, 0.25) is 5.91 Å². The zero-order chi connectivity index (χ0) is 15.5. The average molecular weight is 304 g/mol. The van der Waals surface area contributed by atoms with E-state index in [9.17, 15) is 9.59 Å². The van der Waals surface area contributed by atoms with E-state index < -0.39 is 0 Å². The Labute approximate surface area is 130 Å². The molecule has 0 aromatic carbocycles. The number of piperidine rings is 1. The van der Waals surface area contributed by atoms with Crippen LogP contribution >= 0.6 is 0 Å². The Hall–Kier alpha value is -1.69. The summed E-state index contributed by atoms with van der Waals surface area (Å²) < 4.78 is 1.57. The van der Waals surface area contributed by atoms with Crippen LogP contribution in [0.5, 0.6) is 0 Å². The largest absolute Gasteiger partial charge is 0.341 e. The number of rotatable bonds is 5. The number of amides is 1. The van der Waals surface area contributed by atoms with Gasteiger partial charge in [0.15, 0.2) is 0 Å². The Bertz CT molecular complexity index is 592. The molecule has 1 amide bonds. The minimum absolute atomic E-state index is 0.0250. The first-order valence-electron chi connectivity index (χ1n) is 8.17. The summed E-state index contributed by atoms with van der Waals surface area (Å²) in [5, 5.41) is 4.28. The lowest BCUT2D eigenvalue weighted by atomic mass is 10.0. The number of nitrogens with zero attached hydrogens (tertiary/aromatic N) is 4. The fraction of sp³-hybridized carbons (Fsp3) is 0.688. The van der Waals surface area contributed by atoms with Crippen molar-refractivity contribution in [3.63, 3.8) is 0 Å². The molecule has 0 unspecified atom stereocenters. The second kappa shape index (κ2) is 6.60. The molecule has 0 bridgehead atoms. The van der Waals surface area contributed by atoms with Crippen LogP contribution in [-0.4, -0.2) is 58.2 Å². The second-order valence-electron chi connectivity index (χ2n) is 6.46. The molecule has 2 aliphatic rings. The predicted molar refractivity (Wildman–Crippen MR) is 83.6 cm³/mol. The molecule has 0 radical (unpaired) electrons. The van der Waals surface area contributed by atoms with E-state index in [1.54, 1.807) is 16.8 Å². The van der Waals surface area contributed by atoms with Gasteiger partial charge in [-0.3, -0.25) is 9.59 Å². The summed E-state index contributed by atoms with van der Waals surface area (Å²) in [6.07, 6.45) is 2.89. The Morgan fingerprint density at radius 1 is 1.18 bits per heavy atom. The van der Waals surface area contributed by atoms with E-state index in [0.29, 0.717) is 24.8 Å². The molecule has 22 heavy (non-hydrogen) atoms. The minimum atomic E-state index is -0.0250. The summed E-state index contributed by atoms with van der Waals surface area (Å²) in [4.78, 5) is 27.8. The molecule has 1 aromatic heterocycles. The predicted octanol–water partition coefficient (Wildman–Crippen LogP) is 0.496. The van der Waals surface area contributed by atoms with Crippen molar-refractivity contribution in [3.8, 4) is 0 Å². The highest BCUT2D eigenvalue weighted by Gasteiger charge is 2.28. The molecule has 3 rings (SSSR count). The summed E-state index contributed by atoms with van der Waals surface area (Å²) in [5.74, 6) is 0.794. The second-order valence-corrected chi connectivity index (χ2v) is 6.46. The van der Waals surface area contributed by atoms with Gasteiger partial charge >= 0.3 is 0 Å². The highest BCUT2D eigenvalue weighted by atomic mass is 16.2. The quantitative estimate of drug-likeness (QED) is 0.795. The molecule has 6 nitrogen and oxygen atoms in total. The molecule has 6 heteroatoms. The molecule has 2 saturated heterocycles. The Balaban J connectivity index is 1.41. The molecule has 0 spiro atoms. The van der Waals surface area contributed by atoms with Crippen LogP contribution in [-0.2, 0) is 11.3 Å². The lowest BCUT2D eigenvalue weighted by molar-refractivity contribution is -0.133. The first kappa shape index (κ1) is 15.2. The molecule has 1 aromatic rings. The Morgan fingerprint density at radius 3 is 2.77 bits per heavy atom. The molecule has 2 aliphatic heterocycles. The molecular formula is C16H24N4O2. The number of carbonyl (C=O) groups excluding carboxylic acids is 1. The van der Waals surface area contributed by atoms with Gasteiger partial charge in [-0.05, 0) is 25.8 Å². The van der Waals surface area contributed by atoms with E-state index in [4.69, 9.17) is 0 Å². The lowest BCUT2D eigenvalue weighted by Gasteiger charge is -2.40. The fourth-order valence-electron chi connectivity index (χ4n) is 3.26. The number of carbonyl (C=O) groups is 1. The van der Waals surface area contributed by atoms with E-state index in [2.05, 4.69) is 10.00 Å². The van der Waals surface area contributed by atoms with Gasteiger partial charge in [-0.15, -0.1) is 0 Å². The van der Waals surface area contributed by atoms with Gasteiger partial charge in [0.25, 0.3) is 5.56 Å². The van der Waals surface area contributed by atoms with Crippen LogP contribution in [0.3, 0.4) is 0 Å². The monoisotopic (exact) mass is 304 g/mol. The van der Waals surface area contributed by atoms with Crippen LogP contribution in [0.2, 0.25) is 0 Å². The van der Waals surface area contributed by atoms with Crippen LogP contribution in [0, 0.1) is 12.8 Å². The van der Waals surface area contributed by atoms with Crippen molar-refractivity contribution in [2.75, 3.05) is 32.7 Å². The lowest BCUT2D eigenvalue weighted by Crippen LogP contribution is -2.52. The fourth-order valence-corrected chi connectivity index (χ4v) is 3.26. The third-order valence-corrected chi connectivity index (χ3v) is 4.57. The third kappa shape index (κ3) is 3.55. The number of hydrogen-bond donors (Lipinski definition) is 0. The normalized spacial score (nSPS) is 20.2. The smallest absolute Gasteiger partial charge is 0.266 e. The van der Waals surface area contributed by atoms with Crippen molar-refractivity contribution in [1.82, 2.24) is 19.6 Å². The Kier molecular flexibility index (Phi) is 4.57. The molecule has 2 fully saturated rings. The third-order valence-electron chi connectivity index (χ3n) is 4.57. The van der Waals surface area contributed by atoms with Gasteiger partial charge in [-0.2, -0.15) is 5.10 Å². The van der Waals surface area contributed by atoms with Gasteiger partial charge < -0.3 is 9.80 Å². The maximum absolute atomic E-state index is 11.7. The SMILES string of the molecule is Cc1ccc(=O)n(CC2CN(CCN3CCCCC3=O)C2)n1. The topological polar surface area (TPSA) is 58.4 Å². The first-order chi connectivity index (χ1) is 10.6. The summed E-state index contributed by atoms with van der Waals surface area (Å²) >= 11 is 0. The highest BCUT2D eigenvalue weighted by molar-refractivity contribution is 5.76. The molecule has 120 valence electrons. The van der Waals surface area contributed by atoms with Crippen LogP contribution in [0.15, 0.2) is 16.9 Å². The molecule has 0 N–H and O–H groups in total. The maximum Gasteiger partial charge on any atom is 0.266 e. The minimum Gasteiger partial charge on any atom is -0.341 e. The zero-order valence-electron chi connectivity index (χ0n) is 13.2. The summed E-state index contributed by atoms with van der Waals surface area (Å²) in [7, 11) is 0. The standard InChI is InChI=1S/C16H24N4O2/c1-13-5-6-16(22)20(17-13)12-14-10-18(11-14)8-9-19-7-3-2-4-15(19)21/h5-6,14H,2-4,7-12H2,1H3. The van der Waals surface area contributed by atoms with Gasteiger partial charge in [-0.1, -0.05) is 0 Å². The van der Waals surface area contributed by atoms with Crippen LogP contribution in [0.4, 0.5) is 0 Å². The van der Waals surface area contributed by atoms with E-state index in [0.717, 1.165) is 51.3 Å². The van der Waals surface area contributed by atoms with Crippen molar-refractivity contribution in [3.05, 3.63) is 28.2 Å². The van der Waals surface area contributed by atoms with Gasteiger partial charge in [0.05, 0.1) is 12.2 Å². The van der Waals surface area contributed by atoms with Crippen molar-refractivity contribution in [2.45, 2.75) is 32.7 Å². The highest BCUT2D eigenvalue weighted by Crippen LogP contribution is 2.17. The van der Waals surface area contributed by atoms with Crippen molar-refractivity contribution < 1.29 is 4.79 Å². The number of hydrogen-bond acceptors (Lipinski definition) is 4. The van der Waals surface area contributed by atoms with E-state index in [-0.39, 0.29) is 5.56 Å². The van der Waals surface area contributed by atoms with Crippen LogP contribution < -0.4 is 5.56 Å². The van der Waals surface area contributed by atoms with Gasteiger partial charge in [0, 0.05) is 51.1 Å². The Morgan fingerprint density at radius 2 is 2.00 bits per heavy atom. The zero-order valence-corrected chi connectivity index (χ0v) is 13.2. The number of likely N-dealkylation sites (tertiary alicyclic amines) is 2. The molecular weight excluding hydrogens is 280 g/mol. The summed E-state index contributed by atoms with van der Waals surface area (Å²) in [6.45, 7) is 7.28.